The van der Waals surface area contributed by atoms with Gasteiger partial charge in [-0.1, -0.05) is 64.1 Å². The van der Waals surface area contributed by atoms with E-state index in [4.69, 9.17) is 4.74 Å². The third kappa shape index (κ3) is 4.85. The van der Waals surface area contributed by atoms with Gasteiger partial charge in [-0.3, -0.25) is 0 Å². The molecule has 1 N–H and O–H groups in total. The van der Waals surface area contributed by atoms with E-state index in [-0.39, 0.29) is 0 Å². The van der Waals surface area contributed by atoms with E-state index in [1.165, 1.54) is 32.8 Å². The molecule has 4 rings (SSSR count). The maximum absolute atomic E-state index is 9.90. The fourth-order valence-corrected chi connectivity index (χ4v) is 4.06. The molecule has 0 heterocycles. The van der Waals surface area contributed by atoms with Crippen LogP contribution in [0, 0.1) is 13.8 Å². The fourth-order valence-electron chi connectivity index (χ4n) is 4.06. The Morgan fingerprint density at radius 3 is 1.65 bits per heavy atom. The van der Waals surface area contributed by atoms with Gasteiger partial charge in [0.2, 0.25) is 0 Å². The van der Waals surface area contributed by atoms with Crippen molar-refractivity contribution in [3.63, 3.8) is 0 Å². The Labute approximate surface area is 186 Å². The highest BCUT2D eigenvalue weighted by molar-refractivity contribution is 5.88. The average Bonchev–Trinajstić information content (AvgIpc) is 2.73. The molecule has 0 aromatic heterocycles. The first-order valence-electron chi connectivity index (χ1n) is 11.0. The highest BCUT2D eigenvalue weighted by Crippen LogP contribution is 2.33. The second kappa shape index (κ2) is 9.43. The Morgan fingerprint density at radius 1 is 0.677 bits per heavy atom. The molecule has 4 aromatic carbocycles. The first-order valence-corrected chi connectivity index (χ1v) is 11.0. The molecule has 0 saturated carbocycles. The lowest BCUT2D eigenvalue weighted by molar-refractivity contribution is 0.408. The van der Waals surface area contributed by atoms with Crippen LogP contribution in [0.5, 0.6) is 11.5 Å². The van der Waals surface area contributed by atoms with Crippen molar-refractivity contribution in [1.82, 2.24) is 0 Å². The number of benzene rings is 4. The second-order valence-corrected chi connectivity index (χ2v) is 8.91. The molecule has 0 aliphatic rings. The van der Waals surface area contributed by atoms with Crippen LogP contribution in [0.4, 0.5) is 0 Å². The zero-order chi connectivity index (χ0) is 22.7. The highest BCUT2D eigenvalue weighted by Gasteiger charge is 2.10. The van der Waals surface area contributed by atoms with Crippen LogP contribution in [0.1, 0.15) is 61.8 Å². The SMILES string of the molecule is COc1cc2c(C)cccc2cc1C(C)C.Cc1cccc2cc(C(C)C)c(O)cc12. The Kier molecular flexibility index (Phi) is 6.90. The predicted molar refractivity (Wildman–Crippen MR) is 134 cm³/mol. The van der Waals surface area contributed by atoms with Crippen molar-refractivity contribution in [2.45, 2.75) is 53.4 Å². The summed E-state index contributed by atoms with van der Waals surface area (Å²) in [6.07, 6.45) is 0. The maximum Gasteiger partial charge on any atom is 0.122 e. The summed E-state index contributed by atoms with van der Waals surface area (Å²) in [7, 11) is 1.74. The summed E-state index contributed by atoms with van der Waals surface area (Å²) in [4.78, 5) is 0. The number of ether oxygens (including phenoxy) is 1. The molecule has 162 valence electrons. The molecular weight excluding hydrogens is 380 g/mol. The summed E-state index contributed by atoms with van der Waals surface area (Å²) >= 11 is 0. The number of phenols is 1. The zero-order valence-corrected chi connectivity index (χ0v) is 19.8. The summed E-state index contributed by atoms with van der Waals surface area (Å²) in [5, 5.41) is 14.8. The van der Waals surface area contributed by atoms with E-state index in [1.54, 1.807) is 7.11 Å². The van der Waals surface area contributed by atoms with Crippen LogP contribution in [0.15, 0.2) is 60.7 Å². The maximum atomic E-state index is 9.90. The van der Waals surface area contributed by atoms with Crippen molar-refractivity contribution in [2.75, 3.05) is 7.11 Å². The quantitative estimate of drug-likeness (QED) is 0.365. The largest absolute Gasteiger partial charge is 0.508 e. The van der Waals surface area contributed by atoms with E-state index < -0.39 is 0 Å². The molecule has 0 unspecified atom stereocenters. The number of aromatic hydroxyl groups is 1. The van der Waals surface area contributed by atoms with Crippen LogP contribution in [0.2, 0.25) is 0 Å². The van der Waals surface area contributed by atoms with Gasteiger partial charge >= 0.3 is 0 Å². The molecule has 0 fully saturated rings. The summed E-state index contributed by atoms with van der Waals surface area (Å²) < 4.78 is 5.47. The van der Waals surface area contributed by atoms with E-state index in [9.17, 15) is 5.11 Å². The molecule has 0 bridgehead atoms. The third-order valence-corrected chi connectivity index (χ3v) is 5.94. The summed E-state index contributed by atoms with van der Waals surface area (Å²) in [6.45, 7) is 12.8. The Morgan fingerprint density at radius 2 is 1.16 bits per heavy atom. The molecular formula is C29H34O2. The number of methoxy groups -OCH3 is 1. The topological polar surface area (TPSA) is 29.5 Å². The highest BCUT2D eigenvalue weighted by atomic mass is 16.5. The van der Waals surface area contributed by atoms with E-state index in [0.717, 1.165) is 16.7 Å². The van der Waals surface area contributed by atoms with Gasteiger partial charge in [-0.15, -0.1) is 0 Å². The standard InChI is InChI=1S/C15H18O.C14H16O/c1-10(2)13-8-12-7-5-6-11(3)14(12)9-15(13)16-4;1-9(2)12-7-11-6-4-5-10(3)13(11)8-14(12)15/h5-10H,1-4H3;4-9,15H,1-3H3. The normalized spacial score (nSPS) is 11.1. The van der Waals surface area contributed by atoms with Crippen molar-refractivity contribution in [3.05, 3.63) is 82.9 Å². The van der Waals surface area contributed by atoms with Gasteiger partial charge in [0.25, 0.3) is 0 Å². The first-order chi connectivity index (χ1) is 14.7. The zero-order valence-electron chi connectivity index (χ0n) is 19.8. The lowest BCUT2D eigenvalue weighted by Gasteiger charge is -2.14. The van der Waals surface area contributed by atoms with E-state index in [2.05, 4.69) is 96.1 Å². The molecule has 0 atom stereocenters. The van der Waals surface area contributed by atoms with Gasteiger partial charge in [0.15, 0.2) is 0 Å². The summed E-state index contributed by atoms with van der Waals surface area (Å²) in [5.74, 6) is 2.25. The van der Waals surface area contributed by atoms with Crippen molar-refractivity contribution >= 4 is 21.5 Å². The van der Waals surface area contributed by atoms with Gasteiger partial charge in [-0.05, 0) is 93.7 Å². The Bertz CT molecular complexity index is 1200. The molecule has 0 aliphatic carbocycles. The van der Waals surface area contributed by atoms with Crippen molar-refractivity contribution in [3.8, 4) is 11.5 Å². The van der Waals surface area contributed by atoms with Crippen LogP contribution >= 0.6 is 0 Å². The molecule has 0 saturated heterocycles. The Hall–Kier alpha value is -3.00. The number of hydrogen-bond donors (Lipinski definition) is 1. The number of rotatable bonds is 3. The second-order valence-electron chi connectivity index (χ2n) is 8.91. The first kappa shape index (κ1) is 22.7. The van der Waals surface area contributed by atoms with Gasteiger partial charge in [0.1, 0.15) is 11.5 Å². The van der Waals surface area contributed by atoms with Gasteiger partial charge in [-0.2, -0.15) is 0 Å². The number of hydrogen-bond acceptors (Lipinski definition) is 2. The lowest BCUT2D eigenvalue weighted by Crippen LogP contribution is -1.95. The average molecular weight is 415 g/mol. The van der Waals surface area contributed by atoms with Crippen LogP contribution in [0.3, 0.4) is 0 Å². The van der Waals surface area contributed by atoms with Crippen LogP contribution in [-0.4, -0.2) is 12.2 Å². The summed E-state index contributed by atoms with van der Waals surface area (Å²) in [5.41, 5.74) is 4.80. The lowest BCUT2D eigenvalue weighted by atomic mass is 9.96. The smallest absolute Gasteiger partial charge is 0.122 e. The van der Waals surface area contributed by atoms with Gasteiger partial charge in [-0.25, -0.2) is 0 Å². The monoisotopic (exact) mass is 414 g/mol. The Balaban J connectivity index is 0.000000176. The molecule has 0 amide bonds. The van der Waals surface area contributed by atoms with Gasteiger partial charge in [0.05, 0.1) is 7.11 Å². The minimum absolute atomic E-state index is 0.356. The third-order valence-electron chi connectivity index (χ3n) is 5.94. The molecule has 31 heavy (non-hydrogen) atoms. The van der Waals surface area contributed by atoms with Crippen molar-refractivity contribution in [1.29, 1.82) is 0 Å². The summed E-state index contributed by atoms with van der Waals surface area (Å²) in [6, 6.07) is 21.0. The number of phenolic OH excluding ortho intramolecular Hbond substituents is 1. The van der Waals surface area contributed by atoms with Crippen LogP contribution in [0.25, 0.3) is 21.5 Å². The number of fused-ring (bicyclic) bond motifs is 2. The molecule has 0 radical (unpaired) electrons. The minimum atomic E-state index is 0.356. The molecule has 2 nitrogen and oxygen atoms in total. The van der Waals surface area contributed by atoms with Crippen LogP contribution < -0.4 is 4.74 Å². The molecule has 4 aromatic rings. The van der Waals surface area contributed by atoms with Gasteiger partial charge in [0, 0.05) is 0 Å². The van der Waals surface area contributed by atoms with E-state index in [1.807, 2.05) is 6.07 Å². The van der Waals surface area contributed by atoms with Crippen molar-refractivity contribution < 1.29 is 9.84 Å². The molecule has 2 heteroatoms. The van der Waals surface area contributed by atoms with Crippen molar-refractivity contribution in [2.24, 2.45) is 0 Å². The van der Waals surface area contributed by atoms with E-state index >= 15 is 0 Å². The predicted octanol–water partition coefficient (Wildman–Crippen LogP) is 8.26. The molecule has 0 aliphatic heterocycles. The van der Waals surface area contributed by atoms with Gasteiger partial charge < -0.3 is 9.84 Å². The molecule has 0 spiro atoms. The van der Waals surface area contributed by atoms with Crippen LogP contribution in [-0.2, 0) is 0 Å². The minimum Gasteiger partial charge on any atom is -0.508 e. The van der Waals surface area contributed by atoms with E-state index in [0.29, 0.717) is 17.6 Å². The fraction of sp³-hybridized carbons (Fsp3) is 0.310. The number of aryl methyl sites for hydroxylation is 2.